The Bertz CT molecular complexity index is 1370. The summed E-state index contributed by atoms with van der Waals surface area (Å²) < 4.78 is 4.30. The highest BCUT2D eigenvalue weighted by atomic mass is 32.2. The Balaban J connectivity index is 1.30. The molecule has 0 fully saturated rings. The molecular formula is C23H21N5OS3. The number of carbonyl (C=O) groups excluding carboxylic acids is 1. The summed E-state index contributed by atoms with van der Waals surface area (Å²) in [4.78, 5) is 21.0. The molecule has 0 spiro atoms. The number of thioether (sulfide) groups is 2. The summed E-state index contributed by atoms with van der Waals surface area (Å²) in [5, 5.41) is 10.3. The zero-order valence-corrected chi connectivity index (χ0v) is 20.1. The van der Waals surface area contributed by atoms with Crippen molar-refractivity contribution in [1.29, 1.82) is 0 Å². The highest BCUT2D eigenvalue weighted by Crippen LogP contribution is 2.32. The zero-order valence-electron chi connectivity index (χ0n) is 17.6. The molecule has 0 aliphatic rings. The van der Waals surface area contributed by atoms with E-state index in [4.69, 9.17) is 0 Å². The summed E-state index contributed by atoms with van der Waals surface area (Å²) in [5.74, 6) is 1.67. The average molecular weight is 480 g/mol. The van der Waals surface area contributed by atoms with Crippen LogP contribution in [-0.2, 0) is 12.3 Å². The number of nitrogens with zero attached hydrogens (tertiary/aromatic N) is 4. The smallest absolute Gasteiger partial charge is 0.191 e. The van der Waals surface area contributed by atoms with Gasteiger partial charge < -0.3 is 9.55 Å². The molecule has 0 saturated heterocycles. The third-order valence-corrected chi connectivity index (χ3v) is 8.47. The van der Waals surface area contributed by atoms with E-state index in [0.29, 0.717) is 5.75 Å². The lowest BCUT2D eigenvalue weighted by atomic mass is 10.1. The fourth-order valence-corrected chi connectivity index (χ4v) is 6.58. The van der Waals surface area contributed by atoms with Gasteiger partial charge in [0.25, 0.3) is 0 Å². The number of fused-ring (bicyclic) bond motifs is 2. The molecule has 0 saturated carbocycles. The molecular weight excluding hydrogens is 458 g/mol. The van der Waals surface area contributed by atoms with Crippen molar-refractivity contribution in [3.8, 4) is 0 Å². The first-order valence-electron chi connectivity index (χ1n) is 10.3. The molecule has 5 aromatic rings. The van der Waals surface area contributed by atoms with Gasteiger partial charge in [-0.2, -0.15) is 0 Å². The van der Waals surface area contributed by atoms with E-state index in [2.05, 4.69) is 37.7 Å². The van der Waals surface area contributed by atoms with Crippen LogP contribution in [0.15, 0.2) is 64.2 Å². The summed E-state index contributed by atoms with van der Waals surface area (Å²) in [5.41, 5.74) is 2.71. The number of hydrogen-bond acceptors (Lipinski definition) is 7. The summed E-state index contributed by atoms with van der Waals surface area (Å²) in [6.07, 6.45) is 1.80. The fraction of sp³-hybridized carbons (Fsp3) is 0.217. The number of para-hydroxylation sites is 2. The summed E-state index contributed by atoms with van der Waals surface area (Å²) in [6, 6.07) is 16.0. The molecule has 1 N–H and O–H groups in total. The summed E-state index contributed by atoms with van der Waals surface area (Å²) in [7, 11) is 0. The molecule has 6 nitrogen and oxygen atoms in total. The molecule has 5 rings (SSSR count). The highest BCUT2D eigenvalue weighted by Gasteiger charge is 2.23. The van der Waals surface area contributed by atoms with Crippen LogP contribution >= 0.6 is 34.9 Å². The minimum Gasteiger partial charge on any atom is -0.360 e. The molecule has 0 radical (unpaired) electrons. The van der Waals surface area contributed by atoms with E-state index in [1.165, 1.54) is 16.5 Å². The number of aromatic nitrogens is 5. The van der Waals surface area contributed by atoms with Crippen LogP contribution in [-0.4, -0.2) is 35.8 Å². The third-order valence-electron chi connectivity index (χ3n) is 5.21. The van der Waals surface area contributed by atoms with Gasteiger partial charge in [0.15, 0.2) is 15.3 Å². The number of aromatic amines is 1. The van der Waals surface area contributed by atoms with E-state index in [0.717, 1.165) is 43.8 Å². The van der Waals surface area contributed by atoms with Crippen LogP contribution in [0.25, 0.3) is 21.1 Å². The molecule has 1 atom stereocenters. The topological polar surface area (TPSA) is 76.5 Å². The first-order chi connectivity index (χ1) is 15.6. The number of hydrogen-bond donors (Lipinski definition) is 1. The van der Waals surface area contributed by atoms with Gasteiger partial charge in [-0.05, 0) is 32.0 Å². The van der Waals surface area contributed by atoms with Crippen molar-refractivity contribution in [1.82, 2.24) is 24.7 Å². The van der Waals surface area contributed by atoms with Gasteiger partial charge >= 0.3 is 0 Å². The van der Waals surface area contributed by atoms with Crippen molar-refractivity contribution in [2.24, 2.45) is 0 Å². The van der Waals surface area contributed by atoms with Crippen LogP contribution in [0, 0.1) is 0 Å². The Kier molecular flexibility index (Phi) is 6.03. The Labute approximate surface area is 197 Å². The molecule has 9 heteroatoms. The standard InChI is InChI=1S/C23H21N5OS3/c1-3-28-20(13-30-23-25-18-10-6-7-11-19(18)32-23)26-27-22(28)31-14(2)21(29)16-12-24-17-9-5-4-8-15(16)17/h4-12,14,24H,3,13H2,1-2H3. The van der Waals surface area contributed by atoms with Crippen LogP contribution in [0.4, 0.5) is 0 Å². The van der Waals surface area contributed by atoms with Crippen molar-refractivity contribution < 1.29 is 4.79 Å². The first kappa shape index (κ1) is 21.2. The second kappa shape index (κ2) is 9.09. The summed E-state index contributed by atoms with van der Waals surface area (Å²) >= 11 is 4.82. The Morgan fingerprint density at radius 1 is 1.16 bits per heavy atom. The van der Waals surface area contributed by atoms with Crippen molar-refractivity contribution >= 4 is 61.8 Å². The fourth-order valence-electron chi connectivity index (χ4n) is 3.58. The van der Waals surface area contributed by atoms with Gasteiger partial charge in [0.1, 0.15) is 5.82 Å². The maximum atomic E-state index is 13.1. The molecule has 0 aliphatic heterocycles. The molecule has 0 amide bonds. The van der Waals surface area contributed by atoms with Gasteiger partial charge in [-0.15, -0.1) is 21.5 Å². The van der Waals surface area contributed by atoms with E-state index in [9.17, 15) is 4.79 Å². The quantitative estimate of drug-likeness (QED) is 0.216. The van der Waals surface area contributed by atoms with Crippen molar-refractivity contribution in [3.63, 3.8) is 0 Å². The SMILES string of the molecule is CCn1c(CSc2nc3ccccc3s2)nnc1SC(C)C(=O)c1c[nH]c2ccccc12. The van der Waals surface area contributed by atoms with Gasteiger partial charge in [-0.3, -0.25) is 4.79 Å². The van der Waals surface area contributed by atoms with Gasteiger partial charge in [-0.1, -0.05) is 53.9 Å². The summed E-state index contributed by atoms with van der Waals surface area (Å²) in [6.45, 7) is 4.75. The van der Waals surface area contributed by atoms with Crippen molar-refractivity contribution in [3.05, 3.63) is 66.1 Å². The molecule has 3 aromatic heterocycles. The molecule has 0 aliphatic carbocycles. The normalized spacial score (nSPS) is 12.6. The van der Waals surface area contributed by atoms with Crippen LogP contribution in [0.5, 0.6) is 0 Å². The molecule has 3 heterocycles. The minimum atomic E-state index is -0.270. The van der Waals surface area contributed by atoms with Gasteiger partial charge in [-0.25, -0.2) is 4.98 Å². The highest BCUT2D eigenvalue weighted by molar-refractivity contribution is 8.00. The lowest BCUT2D eigenvalue weighted by Gasteiger charge is -2.11. The Hall–Kier alpha value is -2.62. The molecule has 1 unspecified atom stereocenters. The maximum Gasteiger partial charge on any atom is 0.191 e. The second-order valence-corrected chi connectivity index (χ2v) is 10.8. The van der Waals surface area contributed by atoms with Crippen LogP contribution in [0.2, 0.25) is 0 Å². The monoisotopic (exact) mass is 479 g/mol. The lowest BCUT2D eigenvalue weighted by molar-refractivity contribution is 0.0995. The molecule has 0 bridgehead atoms. The predicted octanol–water partition coefficient (Wildman–Crippen LogP) is 6.04. The average Bonchev–Trinajstić information content (AvgIpc) is 3.53. The zero-order chi connectivity index (χ0) is 22.1. The number of Topliss-reactive ketones (excluding diaryl/α,β-unsaturated/α-hetero) is 1. The Morgan fingerprint density at radius 3 is 2.81 bits per heavy atom. The van der Waals surface area contributed by atoms with E-state index in [1.54, 1.807) is 29.3 Å². The number of rotatable bonds is 8. The number of benzene rings is 2. The number of H-pyrrole nitrogens is 1. The van der Waals surface area contributed by atoms with E-state index >= 15 is 0 Å². The van der Waals surface area contributed by atoms with Crippen molar-refractivity contribution in [2.45, 2.75) is 40.9 Å². The van der Waals surface area contributed by atoms with Gasteiger partial charge in [0.2, 0.25) is 0 Å². The van der Waals surface area contributed by atoms with Crippen LogP contribution in [0.3, 0.4) is 0 Å². The van der Waals surface area contributed by atoms with E-state index in [-0.39, 0.29) is 11.0 Å². The van der Waals surface area contributed by atoms with Gasteiger partial charge in [0.05, 0.1) is 21.2 Å². The van der Waals surface area contributed by atoms with E-state index in [1.807, 2.05) is 49.4 Å². The second-order valence-electron chi connectivity index (χ2n) is 7.25. The number of carbonyl (C=O) groups is 1. The molecule has 32 heavy (non-hydrogen) atoms. The van der Waals surface area contributed by atoms with Gasteiger partial charge in [0, 0.05) is 29.2 Å². The third kappa shape index (κ3) is 4.07. The maximum absolute atomic E-state index is 13.1. The van der Waals surface area contributed by atoms with Crippen molar-refractivity contribution in [2.75, 3.05) is 0 Å². The predicted molar refractivity (Wildman–Crippen MR) is 133 cm³/mol. The van der Waals surface area contributed by atoms with Crippen LogP contribution in [0.1, 0.15) is 30.0 Å². The van der Waals surface area contributed by atoms with Crippen LogP contribution < -0.4 is 0 Å². The number of ketones is 1. The molecule has 2 aromatic carbocycles. The van der Waals surface area contributed by atoms with E-state index < -0.39 is 0 Å². The number of nitrogens with one attached hydrogen (secondary N) is 1. The molecule has 162 valence electrons. The largest absolute Gasteiger partial charge is 0.360 e. The first-order valence-corrected chi connectivity index (χ1v) is 13.0. The lowest BCUT2D eigenvalue weighted by Crippen LogP contribution is -2.14. The Morgan fingerprint density at radius 2 is 1.97 bits per heavy atom. The minimum absolute atomic E-state index is 0.0866. The number of thiazole rings is 1.